The van der Waals surface area contributed by atoms with E-state index in [1.807, 2.05) is 6.92 Å². The molecule has 1 heterocycles. The number of pyridine rings is 1. The molecule has 1 atom stereocenters. The molecule has 0 N–H and O–H groups in total. The number of hydrogen-bond acceptors (Lipinski definition) is 4. The average Bonchev–Trinajstić information content (AvgIpc) is 2.43. The van der Waals surface area contributed by atoms with Gasteiger partial charge in [-0.3, -0.25) is 0 Å². The number of ether oxygens (including phenoxy) is 1. The van der Waals surface area contributed by atoms with Gasteiger partial charge in [0.25, 0.3) is 0 Å². The van der Waals surface area contributed by atoms with Crippen molar-refractivity contribution in [2.75, 3.05) is 13.7 Å². The van der Waals surface area contributed by atoms with Crippen LogP contribution in [0.1, 0.15) is 20.3 Å². The smallest absolute Gasteiger partial charge is 0.422 e. The maximum atomic E-state index is 12.2. The van der Waals surface area contributed by atoms with Crippen LogP contribution < -0.4 is 4.74 Å². The van der Waals surface area contributed by atoms with Crippen LogP contribution in [0.3, 0.4) is 0 Å². The maximum Gasteiger partial charge on any atom is 0.422 e. The Hall–Kier alpha value is -1.35. The molecule has 0 fully saturated rings. The molecule has 0 amide bonds. The summed E-state index contributed by atoms with van der Waals surface area (Å²) in [5.41, 5.74) is 0. The van der Waals surface area contributed by atoms with Gasteiger partial charge < -0.3 is 4.74 Å². The Labute approximate surface area is 121 Å². The second-order valence-electron chi connectivity index (χ2n) is 4.51. The van der Waals surface area contributed by atoms with Gasteiger partial charge in [-0.05, 0) is 19.4 Å². The largest absolute Gasteiger partial charge is 0.468 e. The molecule has 0 radical (unpaired) electrons. The highest BCUT2D eigenvalue weighted by Gasteiger charge is 2.29. The first-order chi connectivity index (χ1) is 9.58. The second-order valence-corrected chi connectivity index (χ2v) is 6.51. The first-order valence-electron chi connectivity index (χ1n) is 6.21. The highest BCUT2D eigenvalue weighted by atomic mass is 32.2. The fraction of sp³-hybridized carbons (Fsp3) is 0.583. The Morgan fingerprint density at radius 2 is 2.00 bits per heavy atom. The molecule has 0 aliphatic heterocycles. The molecule has 1 aromatic rings. The van der Waals surface area contributed by atoms with Gasteiger partial charge in [0.1, 0.15) is 4.90 Å². The van der Waals surface area contributed by atoms with E-state index in [9.17, 15) is 21.6 Å². The number of halogens is 3. The highest BCUT2D eigenvalue weighted by Crippen LogP contribution is 2.20. The molecule has 0 saturated heterocycles. The lowest BCUT2D eigenvalue weighted by Crippen LogP contribution is -2.34. The number of sulfonamides is 1. The van der Waals surface area contributed by atoms with Crippen molar-refractivity contribution >= 4 is 10.0 Å². The highest BCUT2D eigenvalue weighted by molar-refractivity contribution is 7.89. The predicted molar refractivity (Wildman–Crippen MR) is 70.5 cm³/mol. The third-order valence-corrected chi connectivity index (χ3v) is 4.94. The van der Waals surface area contributed by atoms with Gasteiger partial charge in [-0.25, -0.2) is 13.4 Å². The summed E-state index contributed by atoms with van der Waals surface area (Å²) in [5, 5.41) is 0. The molecule has 0 aromatic carbocycles. The number of alkyl halides is 3. The standard InChI is InChI=1S/C12H17F3N2O3S/c1-4-9(2)17(3)21(18,19)10-5-6-11(16-7-10)20-8-12(13,14)15/h5-7,9H,4,8H2,1-3H3. The van der Waals surface area contributed by atoms with Crippen LogP contribution in [0.15, 0.2) is 23.2 Å². The molecule has 9 heteroatoms. The quantitative estimate of drug-likeness (QED) is 0.806. The summed E-state index contributed by atoms with van der Waals surface area (Å²) < 4.78 is 66.0. The summed E-state index contributed by atoms with van der Waals surface area (Å²) in [6, 6.07) is 2.08. The number of aromatic nitrogens is 1. The number of rotatable bonds is 6. The molecule has 0 spiro atoms. The Kier molecular flexibility index (Phi) is 5.57. The van der Waals surface area contributed by atoms with E-state index in [-0.39, 0.29) is 16.8 Å². The lowest BCUT2D eigenvalue weighted by atomic mass is 10.3. The fourth-order valence-corrected chi connectivity index (χ4v) is 2.80. The minimum absolute atomic E-state index is 0.0929. The zero-order valence-electron chi connectivity index (χ0n) is 11.9. The summed E-state index contributed by atoms with van der Waals surface area (Å²) in [4.78, 5) is 3.49. The van der Waals surface area contributed by atoms with Crippen molar-refractivity contribution in [2.45, 2.75) is 37.4 Å². The third-order valence-electron chi connectivity index (χ3n) is 2.98. The molecule has 120 valence electrons. The molecular weight excluding hydrogens is 309 g/mol. The average molecular weight is 326 g/mol. The van der Waals surface area contributed by atoms with Crippen molar-refractivity contribution in [1.29, 1.82) is 0 Å². The zero-order valence-corrected chi connectivity index (χ0v) is 12.7. The first kappa shape index (κ1) is 17.7. The Bertz CT molecular complexity index is 558. The van der Waals surface area contributed by atoms with Crippen molar-refractivity contribution in [2.24, 2.45) is 0 Å². The molecule has 1 aromatic heterocycles. The Balaban J connectivity index is 2.87. The Morgan fingerprint density at radius 3 is 2.43 bits per heavy atom. The summed E-state index contributed by atoms with van der Waals surface area (Å²) in [5.74, 6) is -0.280. The van der Waals surface area contributed by atoms with Crippen LogP contribution in [0.5, 0.6) is 5.88 Å². The molecule has 21 heavy (non-hydrogen) atoms. The normalized spacial score (nSPS) is 14.2. The van der Waals surface area contributed by atoms with Crippen LogP contribution in [0.4, 0.5) is 13.2 Å². The van der Waals surface area contributed by atoms with Gasteiger partial charge in [-0.15, -0.1) is 0 Å². The van der Waals surface area contributed by atoms with Crippen molar-refractivity contribution in [1.82, 2.24) is 9.29 Å². The first-order valence-corrected chi connectivity index (χ1v) is 7.65. The molecule has 0 bridgehead atoms. The second kappa shape index (κ2) is 6.61. The summed E-state index contributed by atoms with van der Waals surface area (Å²) in [7, 11) is -2.28. The molecular formula is C12H17F3N2O3S. The third kappa shape index (κ3) is 4.85. The van der Waals surface area contributed by atoms with E-state index < -0.39 is 22.8 Å². The minimum atomic E-state index is -4.47. The van der Waals surface area contributed by atoms with E-state index in [1.54, 1.807) is 6.92 Å². The van der Waals surface area contributed by atoms with Crippen LogP contribution in [0.25, 0.3) is 0 Å². The van der Waals surface area contributed by atoms with E-state index in [1.165, 1.54) is 17.4 Å². The van der Waals surface area contributed by atoms with Gasteiger partial charge in [0.15, 0.2) is 6.61 Å². The van der Waals surface area contributed by atoms with Crippen LogP contribution in [-0.2, 0) is 10.0 Å². The molecule has 0 aliphatic rings. The maximum absolute atomic E-state index is 12.2. The van der Waals surface area contributed by atoms with Crippen LogP contribution in [0.2, 0.25) is 0 Å². The van der Waals surface area contributed by atoms with E-state index in [0.29, 0.717) is 6.42 Å². The van der Waals surface area contributed by atoms with E-state index in [2.05, 4.69) is 9.72 Å². The molecule has 5 nitrogen and oxygen atoms in total. The molecule has 0 saturated carbocycles. The number of hydrogen-bond donors (Lipinski definition) is 0. The SMILES string of the molecule is CCC(C)N(C)S(=O)(=O)c1ccc(OCC(F)(F)F)nc1. The summed E-state index contributed by atoms with van der Waals surface area (Å²) in [6.45, 7) is 2.13. The fourth-order valence-electron chi connectivity index (χ4n) is 1.42. The lowest BCUT2D eigenvalue weighted by Gasteiger charge is -2.23. The minimum Gasteiger partial charge on any atom is -0.468 e. The predicted octanol–water partition coefficient (Wildman–Crippen LogP) is 2.44. The van der Waals surface area contributed by atoms with Crippen LogP contribution in [-0.4, -0.2) is 43.6 Å². The summed E-state index contributed by atoms with van der Waals surface area (Å²) in [6.07, 6.45) is -2.85. The zero-order chi connectivity index (χ0) is 16.3. The lowest BCUT2D eigenvalue weighted by molar-refractivity contribution is -0.154. The van der Waals surface area contributed by atoms with E-state index in [4.69, 9.17) is 0 Å². The van der Waals surface area contributed by atoms with Crippen molar-refractivity contribution in [3.63, 3.8) is 0 Å². The van der Waals surface area contributed by atoms with Gasteiger partial charge in [0.05, 0.1) is 6.20 Å². The van der Waals surface area contributed by atoms with Crippen LogP contribution in [0, 0.1) is 0 Å². The van der Waals surface area contributed by atoms with Crippen molar-refractivity contribution in [3.05, 3.63) is 18.3 Å². The summed E-state index contributed by atoms with van der Waals surface area (Å²) >= 11 is 0. The van der Waals surface area contributed by atoms with Crippen molar-refractivity contribution < 1.29 is 26.3 Å². The van der Waals surface area contributed by atoms with Gasteiger partial charge >= 0.3 is 6.18 Å². The van der Waals surface area contributed by atoms with Crippen LogP contribution >= 0.6 is 0 Å². The van der Waals surface area contributed by atoms with Gasteiger partial charge in [0.2, 0.25) is 15.9 Å². The molecule has 1 rings (SSSR count). The topological polar surface area (TPSA) is 59.5 Å². The van der Waals surface area contributed by atoms with Gasteiger partial charge in [-0.1, -0.05) is 6.92 Å². The molecule has 0 aliphatic carbocycles. The van der Waals surface area contributed by atoms with Gasteiger partial charge in [0, 0.05) is 19.2 Å². The monoisotopic (exact) mass is 326 g/mol. The number of nitrogens with zero attached hydrogens (tertiary/aromatic N) is 2. The van der Waals surface area contributed by atoms with Gasteiger partial charge in [-0.2, -0.15) is 17.5 Å². The van der Waals surface area contributed by atoms with Crippen molar-refractivity contribution in [3.8, 4) is 5.88 Å². The van der Waals surface area contributed by atoms with E-state index in [0.717, 1.165) is 12.3 Å². The molecule has 1 unspecified atom stereocenters. The van der Waals surface area contributed by atoms with E-state index >= 15 is 0 Å². The Morgan fingerprint density at radius 1 is 1.38 bits per heavy atom.